The van der Waals surface area contributed by atoms with Gasteiger partial charge in [0.1, 0.15) is 0 Å². The van der Waals surface area contributed by atoms with Crippen LogP contribution in [0.15, 0.2) is 83.0 Å². The molecule has 0 fully saturated rings. The van der Waals surface area contributed by atoms with Crippen molar-refractivity contribution in [2.24, 2.45) is 0 Å². The fourth-order valence-corrected chi connectivity index (χ4v) is 4.08. The van der Waals surface area contributed by atoms with Gasteiger partial charge in [0.25, 0.3) is 5.56 Å². The van der Waals surface area contributed by atoms with E-state index in [9.17, 15) is 9.59 Å². The summed E-state index contributed by atoms with van der Waals surface area (Å²) in [6, 6.07) is 19.0. The number of carbonyl (C=O) groups excluding carboxylic acids is 1. The van der Waals surface area contributed by atoms with Crippen LogP contribution in [0.4, 0.5) is 0 Å². The van der Waals surface area contributed by atoms with E-state index in [0.29, 0.717) is 29.1 Å². The molecule has 0 saturated carbocycles. The van der Waals surface area contributed by atoms with Gasteiger partial charge in [0, 0.05) is 18.9 Å². The van der Waals surface area contributed by atoms with Crippen LogP contribution >= 0.6 is 11.8 Å². The maximum Gasteiger partial charge on any atom is 0.262 e. The molecule has 1 N–H and O–H groups in total. The van der Waals surface area contributed by atoms with Crippen LogP contribution in [0.3, 0.4) is 0 Å². The van der Waals surface area contributed by atoms with Gasteiger partial charge in [0.2, 0.25) is 5.91 Å². The molecule has 31 heavy (non-hydrogen) atoms. The van der Waals surface area contributed by atoms with E-state index in [1.165, 1.54) is 11.8 Å². The molecule has 0 atom stereocenters. The fourth-order valence-electron chi connectivity index (χ4n) is 3.25. The first kappa shape index (κ1) is 20.8. The number of thioether (sulfide) groups is 1. The predicted molar refractivity (Wildman–Crippen MR) is 123 cm³/mol. The Balaban J connectivity index is 1.54. The second-order valence-corrected chi connectivity index (χ2v) is 8.10. The van der Waals surface area contributed by atoms with Crippen LogP contribution in [0.25, 0.3) is 10.9 Å². The molecule has 7 heteroatoms. The number of hydrogen-bond acceptors (Lipinski definition) is 5. The van der Waals surface area contributed by atoms with Crippen LogP contribution in [-0.2, 0) is 17.9 Å². The number of rotatable bonds is 7. The quantitative estimate of drug-likeness (QED) is 0.358. The normalized spacial score (nSPS) is 10.9. The number of fused-ring (bicyclic) bond motifs is 1. The van der Waals surface area contributed by atoms with Crippen molar-refractivity contribution in [1.82, 2.24) is 19.9 Å². The molecular weight excluding hydrogens is 408 g/mol. The number of nitrogens with one attached hydrogen (secondary N) is 1. The van der Waals surface area contributed by atoms with Crippen LogP contribution in [0.5, 0.6) is 0 Å². The fraction of sp³-hybridized carbons (Fsp3) is 0.167. The van der Waals surface area contributed by atoms with Crippen molar-refractivity contribution in [3.8, 4) is 0 Å². The average molecular weight is 431 g/mol. The van der Waals surface area contributed by atoms with E-state index in [-0.39, 0.29) is 17.2 Å². The Morgan fingerprint density at radius 3 is 2.68 bits per heavy atom. The Hall–Kier alpha value is -3.45. The van der Waals surface area contributed by atoms with E-state index in [4.69, 9.17) is 0 Å². The van der Waals surface area contributed by atoms with Gasteiger partial charge in [-0.1, -0.05) is 54.2 Å². The van der Waals surface area contributed by atoms with Crippen molar-refractivity contribution in [2.45, 2.75) is 25.2 Å². The highest BCUT2D eigenvalue weighted by Gasteiger charge is 2.14. The predicted octanol–water partition coefficient (Wildman–Crippen LogP) is 3.56. The van der Waals surface area contributed by atoms with Crippen molar-refractivity contribution < 1.29 is 4.79 Å². The van der Waals surface area contributed by atoms with E-state index in [1.54, 1.807) is 23.0 Å². The maximum atomic E-state index is 13.1. The Bertz CT molecular complexity index is 1270. The first-order chi connectivity index (χ1) is 15.1. The van der Waals surface area contributed by atoms with Gasteiger partial charge in [-0.3, -0.25) is 19.1 Å². The molecule has 0 aliphatic carbocycles. The molecule has 0 spiro atoms. The van der Waals surface area contributed by atoms with E-state index < -0.39 is 0 Å². The highest BCUT2D eigenvalue weighted by molar-refractivity contribution is 7.99. The van der Waals surface area contributed by atoms with Gasteiger partial charge in [0.05, 0.1) is 23.2 Å². The van der Waals surface area contributed by atoms with Crippen LogP contribution in [-0.4, -0.2) is 26.2 Å². The van der Waals surface area contributed by atoms with Gasteiger partial charge in [0.15, 0.2) is 5.16 Å². The van der Waals surface area contributed by atoms with Crippen LogP contribution in [0.2, 0.25) is 0 Å². The molecule has 2 aromatic carbocycles. The van der Waals surface area contributed by atoms with Crippen molar-refractivity contribution in [3.05, 3.63) is 100 Å². The maximum absolute atomic E-state index is 13.1. The van der Waals surface area contributed by atoms with E-state index in [0.717, 1.165) is 16.7 Å². The van der Waals surface area contributed by atoms with Gasteiger partial charge in [-0.15, -0.1) is 0 Å². The molecule has 2 aromatic heterocycles. The number of benzene rings is 2. The minimum absolute atomic E-state index is 0.108. The summed E-state index contributed by atoms with van der Waals surface area (Å²) in [6.45, 7) is 2.84. The lowest BCUT2D eigenvalue weighted by Crippen LogP contribution is -2.27. The summed E-state index contributed by atoms with van der Waals surface area (Å²) < 4.78 is 1.61. The Morgan fingerprint density at radius 1 is 1.06 bits per heavy atom. The molecule has 156 valence electrons. The number of pyridine rings is 1. The highest BCUT2D eigenvalue weighted by atomic mass is 32.2. The lowest BCUT2D eigenvalue weighted by atomic mass is 10.1. The summed E-state index contributed by atoms with van der Waals surface area (Å²) in [5, 5.41) is 4.01. The number of para-hydroxylation sites is 1. The van der Waals surface area contributed by atoms with Crippen molar-refractivity contribution in [3.63, 3.8) is 0 Å². The third-order valence-electron chi connectivity index (χ3n) is 4.96. The summed E-state index contributed by atoms with van der Waals surface area (Å²) in [5.74, 6) is 0.0625. The summed E-state index contributed by atoms with van der Waals surface area (Å²) in [4.78, 5) is 34.4. The summed E-state index contributed by atoms with van der Waals surface area (Å²) in [6.07, 6.45) is 3.42. The smallest absolute Gasteiger partial charge is 0.262 e. The van der Waals surface area contributed by atoms with Gasteiger partial charge < -0.3 is 5.32 Å². The van der Waals surface area contributed by atoms with Crippen LogP contribution in [0, 0.1) is 6.92 Å². The molecule has 6 nitrogen and oxygen atoms in total. The van der Waals surface area contributed by atoms with E-state index in [1.807, 2.05) is 61.5 Å². The van der Waals surface area contributed by atoms with Gasteiger partial charge in [-0.25, -0.2) is 4.98 Å². The monoisotopic (exact) mass is 430 g/mol. The number of hydrogen-bond donors (Lipinski definition) is 1. The molecular formula is C24H22N4O2S. The van der Waals surface area contributed by atoms with Crippen LogP contribution < -0.4 is 10.9 Å². The third-order valence-corrected chi connectivity index (χ3v) is 5.94. The van der Waals surface area contributed by atoms with Crippen molar-refractivity contribution >= 4 is 28.6 Å². The lowest BCUT2D eigenvalue weighted by Gasteiger charge is -2.13. The van der Waals surface area contributed by atoms with Gasteiger partial charge >= 0.3 is 0 Å². The topological polar surface area (TPSA) is 76.9 Å². The largest absolute Gasteiger partial charge is 0.351 e. The first-order valence-corrected chi connectivity index (χ1v) is 10.9. The Labute approximate surface area is 184 Å². The van der Waals surface area contributed by atoms with Gasteiger partial charge in [-0.2, -0.15) is 0 Å². The third kappa shape index (κ3) is 5.00. The van der Waals surface area contributed by atoms with Crippen LogP contribution in [0.1, 0.15) is 16.7 Å². The second-order valence-electron chi connectivity index (χ2n) is 7.16. The van der Waals surface area contributed by atoms with Crippen molar-refractivity contribution in [2.75, 3.05) is 5.75 Å². The molecule has 0 saturated heterocycles. The summed E-state index contributed by atoms with van der Waals surface area (Å²) >= 11 is 1.26. The number of carbonyl (C=O) groups is 1. The molecule has 4 rings (SSSR count). The minimum atomic E-state index is -0.128. The standard InChI is InChI=1S/C24H22N4O2S/c1-17-7-2-3-9-19(17)14-26-22(29)16-31-24-27-21-11-5-4-10-20(21)23(30)28(24)15-18-8-6-12-25-13-18/h2-13H,14-16H2,1H3,(H,26,29). The molecule has 0 unspecified atom stereocenters. The molecule has 2 heterocycles. The highest BCUT2D eigenvalue weighted by Crippen LogP contribution is 2.19. The molecule has 1 amide bonds. The number of amides is 1. The zero-order valence-electron chi connectivity index (χ0n) is 17.1. The second kappa shape index (κ2) is 9.57. The van der Waals surface area contributed by atoms with E-state index in [2.05, 4.69) is 15.3 Å². The number of aromatic nitrogens is 3. The zero-order chi connectivity index (χ0) is 21.6. The lowest BCUT2D eigenvalue weighted by molar-refractivity contribution is -0.118. The van der Waals surface area contributed by atoms with E-state index >= 15 is 0 Å². The Morgan fingerprint density at radius 2 is 1.87 bits per heavy atom. The molecule has 0 radical (unpaired) electrons. The molecule has 0 aliphatic heterocycles. The van der Waals surface area contributed by atoms with Crippen molar-refractivity contribution in [1.29, 1.82) is 0 Å². The van der Waals surface area contributed by atoms with Gasteiger partial charge in [-0.05, 0) is 41.8 Å². The summed E-state index contributed by atoms with van der Waals surface area (Å²) in [7, 11) is 0. The minimum Gasteiger partial charge on any atom is -0.351 e. The number of aryl methyl sites for hydroxylation is 1. The molecule has 4 aromatic rings. The first-order valence-electron chi connectivity index (χ1n) is 9.94. The Kier molecular flexibility index (Phi) is 6.43. The molecule has 0 aliphatic rings. The average Bonchev–Trinajstić information content (AvgIpc) is 2.80. The summed E-state index contributed by atoms with van der Waals surface area (Å²) in [5.41, 5.74) is 3.61. The molecule has 0 bridgehead atoms. The zero-order valence-corrected chi connectivity index (χ0v) is 17.9. The SMILES string of the molecule is Cc1ccccc1CNC(=O)CSc1nc2ccccc2c(=O)n1Cc1cccnc1. The number of nitrogens with zero attached hydrogens (tertiary/aromatic N) is 3.